The Bertz CT molecular complexity index is 485. The van der Waals surface area contributed by atoms with E-state index in [-0.39, 0.29) is 0 Å². The molecule has 0 fully saturated rings. The van der Waals surface area contributed by atoms with E-state index in [1.807, 2.05) is 18.2 Å². The summed E-state index contributed by atoms with van der Waals surface area (Å²) in [4.78, 5) is 3.96. The first-order valence-corrected chi connectivity index (χ1v) is 4.75. The predicted octanol–water partition coefficient (Wildman–Crippen LogP) is 3.55. The second-order valence-corrected chi connectivity index (χ2v) is 3.57. The van der Waals surface area contributed by atoms with Gasteiger partial charge in [-0.05, 0) is 18.2 Å². The lowest BCUT2D eigenvalue weighted by molar-refractivity contribution is 0.415. The number of rotatable bonds is 1. The molecule has 0 saturated carbocycles. The molecule has 0 unspecified atom stereocenters. The molecule has 0 spiro atoms. The Morgan fingerprint density at radius 1 is 1.21 bits per heavy atom. The number of pyridine rings is 1. The average molecular weight is 228 g/mol. The molecule has 0 aliphatic heterocycles. The maximum Gasteiger partial charge on any atom is 0.136 e. The Kier molecular flexibility index (Phi) is 2.48. The van der Waals surface area contributed by atoms with Gasteiger partial charge in [-0.3, -0.25) is 0 Å². The monoisotopic (exact) mass is 227 g/mol. The number of methoxy groups -OCH3 is 1. The Morgan fingerprint density at radius 3 is 2.71 bits per heavy atom. The van der Waals surface area contributed by atoms with Gasteiger partial charge >= 0.3 is 0 Å². The quantitative estimate of drug-likeness (QED) is 0.696. The predicted molar refractivity (Wildman–Crippen MR) is 58.3 cm³/mol. The van der Waals surface area contributed by atoms with E-state index in [2.05, 4.69) is 4.98 Å². The number of aromatic nitrogens is 1. The Labute approximate surface area is 91.4 Å². The zero-order chi connectivity index (χ0) is 10.1. The smallest absolute Gasteiger partial charge is 0.136 e. The van der Waals surface area contributed by atoms with Crippen LogP contribution in [0.3, 0.4) is 0 Å². The molecule has 0 atom stereocenters. The van der Waals surface area contributed by atoms with Crippen molar-refractivity contribution in [3.63, 3.8) is 0 Å². The van der Waals surface area contributed by atoms with Crippen LogP contribution in [0, 0.1) is 0 Å². The lowest BCUT2D eigenvalue weighted by Crippen LogP contribution is -1.85. The molecule has 0 saturated heterocycles. The fourth-order valence-corrected chi connectivity index (χ4v) is 1.70. The van der Waals surface area contributed by atoms with E-state index in [1.165, 1.54) is 6.20 Å². The molecule has 72 valence electrons. The van der Waals surface area contributed by atoms with E-state index < -0.39 is 0 Å². The molecule has 1 aromatic carbocycles. The maximum absolute atomic E-state index is 5.98. The third kappa shape index (κ3) is 1.51. The fraction of sp³-hybridized carbons (Fsp3) is 0.100. The third-order valence-electron chi connectivity index (χ3n) is 2.00. The van der Waals surface area contributed by atoms with Gasteiger partial charge in [0.1, 0.15) is 10.9 Å². The summed E-state index contributed by atoms with van der Waals surface area (Å²) in [6.07, 6.45) is 1.53. The SMILES string of the molecule is COc1ccc2c(Cl)ncc(Cl)c2c1. The second-order valence-electron chi connectivity index (χ2n) is 2.81. The van der Waals surface area contributed by atoms with Crippen LogP contribution in [0.25, 0.3) is 10.8 Å². The zero-order valence-corrected chi connectivity index (χ0v) is 8.93. The van der Waals surface area contributed by atoms with Crippen LogP contribution in [-0.4, -0.2) is 12.1 Å². The largest absolute Gasteiger partial charge is 0.497 e. The van der Waals surface area contributed by atoms with Gasteiger partial charge in [0.2, 0.25) is 0 Å². The Balaban J connectivity index is 2.80. The molecular formula is C10H7Cl2NO. The number of benzene rings is 1. The van der Waals surface area contributed by atoms with Gasteiger partial charge in [-0.15, -0.1) is 0 Å². The first kappa shape index (κ1) is 9.56. The van der Waals surface area contributed by atoms with Crippen molar-refractivity contribution >= 4 is 34.0 Å². The van der Waals surface area contributed by atoms with Crippen LogP contribution in [0.5, 0.6) is 5.75 Å². The summed E-state index contributed by atoms with van der Waals surface area (Å²) in [7, 11) is 1.61. The van der Waals surface area contributed by atoms with Crippen molar-refractivity contribution < 1.29 is 4.74 Å². The van der Waals surface area contributed by atoms with E-state index in [1.54, 1.807) is 7.11 Å². The Morgan fingerprint density at radius 2 is 2.00 bits per heavy atom. The molecule has 0 aliphatic carbocycles. The third-order valence-corrected chi connectivity index (χ3v) is 2.60. The van der Waals surface area contributed by atoms with E-state index in [4.69, 9.17) is 27.9 Å². The minimum Gasteiger partial charge on any atom is -0.497 e. The van der Waals surface area contributed by atoms with E-state index in [0.717, 1.165) is 16.5 Å². The second kappa shape index (κ2) is 3.64. The highest BCUT2D eigenvalue weighted by Gasteiger charge is 2.05. The van der Waals surface area contributed by atoms with Gasteiger partial charge < -0.3 is 4.74 Å². The normalized spacial score (nSPS) is 10.5. The molecule has 1 heterocycles. The zero-order valence-electron chi connectivity index (χ0n) is 7.42. The summed E-state index contributed by atoms with van der Waals surface area (Å²) in [5.41, 5.74) is 0. The van der Waals surface area contributed by atoms with Crippen LogP contribution in [-0.2, 0) is 0 Å². The minimum absolute atomic E-state index is 0.451. The van der Waals surface area contributed by atoms with Crippen LogP contribution >= 0.6 is 23.2 Å². The summed E-state index contributed by atoms with van der Waals surface area (Å²) < 4.78 is 5.10. The average Bonchev–Trinajstić information content (AvgIpc) is 2.23. The number of halogens is 2. The highest BCUT2D eigenvalue weighted by atomic mass is 35.5. The lowest BCUT2D eigenvalue weighted by Gasteiger charge is -2.04. The van der Waals surface area contributed by atoms with Crippen molar-refractivity contribution in [2.24, 2.45) is 0 Å². The summed E-state index contributed by atoms with van der Waals surface area (Å²) in [6, 6.07) is 5.51. The van der Waals surface area contributed by atoms with Gasteiger partial charge in [0.15, 0.2) is 0 Å². The van der Waals surface area contributed by atoms with Gasteiger partial charge in [0.25, 0.3) is 0 Å². The van der Waals surface area contributed by atoms with Gasteiger partial charge in [0, 0.05) is 17.0 Å². The van der Waals surface area contributed by atoms with Crippen molar-refractivity contribution in [2.45, 2.75) is 0 Å². The first-order valence-electron chi connectivity index (χ1n) is 4.00. The summed E-state index contributed by atoms with van der Waals surface area (Å²) in [5, 5.41) is 2.71. The molecule has 0 amide bonds. The van der Waals surface area contributed by atoms with E-state index >= 15 is 0 Å². The topological polar surface area (TPSA) is 22.1 Å². The standard InChI is InChI=1S/C10H7Cl2NO/c1-14-6-2-3-7-8(4-6)9(11)5-13-10(7)12/h2-5H,1H3. The molecule has 2 nitrogen and oxygen atoms in total. The first-order chi connectivity index (χ1) is 6.72. The highest BCUT2D eigenvalue weighted by molar-refractivity contribution is 6.39. The molecule has 0 N–H and O–H groups in total. The maximum atomic E-state index is 5.98. The molecule has 0 bridgehead atoms. The van der Waals surface area contributed by atoms with Crippen molar-refractivity contribution in [1.82, 2.24) is 4.98 Å². The molecular weight excluding hydrogens is 221 g/mol. The van der Waals surface area contributed by atoms with E-state index in [0.29, 0.717) is 10.2 Å². The number of hydrogen-bond acceptors (Lipinski definition) is 2. The summed E-state index contributed by atoms with van der Waals surface area (Å²) in [5.74, 6) is 0.752. The molecule has 2 rings (SSSR count). The number of nitrogens with zero attached hydrogens (tertiary/aromatic N) is 1. The number of ether oxygens (including phenoxy) is 1. The van der Waals surface area contributed by atoms with Crippen molar-refractivity contribution in [1.29, 1.82) is 0 Å². The van der Waals surface area contributed by atoms with Crippen molar-refractivity contribution in [2.75, 3.05) is 7.11 Å². The molecule has 14 heavy (non-hydrogen) atoms. The van der Waals surface area contributed by atoms with Gasteiger partial charge in [-0.25, -0.2) is 4.98 Å². The fourth-order valence-electron chi connectivity index (χ4n) is 1.28. The van der Waals surface area contributed by atoms with E-state index in [9.17, 15) is 0 Å². The minimum atomic E-state index is 0.451. The van der Waals surface area contributed by atoms with Crippen molar-refractivity contribution in [3.8, 4) is 5.75 Å². The van der Waals surface area contributed by atoms with Crippen molar-refractivity contribution in [3.05, 3.63) is 34.6 Å². The van der Waals surface area contributed by atoms with Gasteiger partial charge in [0.05, 0.1) is 12.1 Å². The van der Waals surface area contributed by atoms with Gasteiger partial charge in [-0.2, -0.15) is 0 Å². The molecule has 1 aromatic heterocycles. The van der Waals surface area contributed by atoms with Crippen LogP contribution in [0.2, 0.25) is 10.2 Å². The van der Waals surface area contributed by atoms with Crippen LogP contribution < -0.4 is 4.74 Å². The molecule has 0 aliphatic rings. The molecule has 2 aromatic rings. The van der Waals surface area contributed by atoms with Crippen LogP contribution in [0.4, 0.5) is 0 Å². The van der Waals surface area contributed by atoms with Crippen LogP contribution in [0.1, 0.15) is 0 Å². The lowest BCUT2D eigenvalue weighted by atomic mass is 10.2. The molecule has 4 heteroatoms. The Hall–Kier alpha value is -0.990. The van der Waals surface area contributed by atoms with Crippen LogP contribution in [0.15, 0.2) is 24.4 Å². The van der Waals surface area contributed by atoms with Gasteiger partial charge in [-0.1, -0.05) is 23.2 Å². The number of fused-ring (bicyclic) bond motifs is 1. The summed E-state index contributed by atoms with van der Waals surface area (Å²) >= 11 is 11.9. The highest BCUT2D eigenvalue weighted by Crippen LogP contribution is 2.30. The molecule has 0 radical (unpaired) electrons. The summed E-state index contributed by atoms with van der Waals surface area (Å²) in [6.45, 7) is 0. The number of hydrogen-bond donors (Lipinski definition) is 0.